The van der Waals surface area contributed by atoms with Gasteiger partial charge in [-0.3, -0.25) is 4.79 Å². The number of carbonyl (C=O) groups excluding carboxylic acids is 1. The van der Waals surface area contributed by atoms with Gasteiger partial charge in [-0.1, -0.05) is 19.4 Å². The third-order valence-electron chi connectivity index (χ3n) is 2.40. The highest BCUT2D eigenvalue weighted by atomic mass is 19.1. The molecule has 2 N–H and O–H groups in total. The summed E-state index contributed by atoms with van der Waals surface area (Å²) in [5.74, 6) is -0.568. The molecule has 0 amide bonds. The minimum Gasteiger partial charge on any atom is -0.321 e. The van der Waals surface area contributed by atoms with E-state index in [0.29, 0.717) is 12.0 Å². The van der Waals surface area contributed by atoms with E-state index >= 15 is 0 Å². The van der Waals surface area contributed by atoms with Gasteiger partial charge in [-0.05, 0) is 31.0 Å². The van der Waals surface area contributed by atoms with Crippen molar-refractivity contribution in [1.82, 2.24) is 0 Å². The van der Waals surface area contributed by atoms with Crippen molar-refractivity contribution in [3.8, 4) is 0 Å². The Kier molecular flexibility index (Phi) is 3.97. The van der Waals surface area contributed by atoms with Crippen LogP contribution in [0.3, 0.4) is 0 Å². The van der Waals surface area contributed by atoms with Crippen molar-refractivity contribution < 1.29 is 9.18 Å². The lowest BCUT2D eigenvalue weighted by Gasteiger charge is -2.11. The number of hydrogen-bond donors (Lipinski definition) is 1. The van der Waals surface area contributed by atoms with Crippen LogP contribution in [0.5, 0.6) is 0 Å². The topological polar surface area (TPSA) is 43.1 Å². The molecule has 0 saturated heterocycles. The third-order valence-corrected chi connectivity index (χ3v) is 2.40. The van der Waals surface area contributed by atoms with Gasteiger partial charge >= 0.3 is 0 Å². The van der Waals surface area contributed by atoms with Crippen LogP contribution in [0.4, 0.5) is 4.39 Å². The predicted molar refractivity (Wildman–Crippen MR) is 58.4 cm³/mol. The highest BCUT2D eigenvalue weighted by Gasteiger charge is 2.17. The third kappa shape index (κ3) is 2.86. The Morgan fingerprint density at radius 1 is 1.53 bits per heavy atom. The second-order valence-corrected chi connectivity index (χ2v) is 3.72. The number of halogens is 1. The molecule has 0 aliphatic heterocycles. The number of rotatable bonds is 4. The van der Waals surface area contributed by atoms with Gasteiger partial charge in [0.05, 0.1) is 6.04 Å². The van der Waals surface area contributed by atoms with Gasteiger partial charge in [-0.2, -0.15) is 0 Å². The zero-order valence-electron chi connectivity index (χ0n) is 9.09. The first kappa shape index (κ1) is 11.9. The number of carbonyl (C=O) groups is 1. The van der Waals surface area contributed by atoms with E-state index in [1.165, 1.54) is 12.1 Å². The molecule has 1 rings (SSSR count). The largest absolute Gasteiger partial charge is 0.321 e. The Hall–Kier alpha value is -1.22. The summed E-state index contributed by atoms with van der Waals surface area (Å²) in [7, 11) is 0. The molecule has 3 heteroatoms. The number of ketones is 1. The fraction of sp³-hybridized carbons (Fsp3) is 0.417. The number of hydrogen-bond acceptors (Lipinski definition) is 2. The van der Waals surface area contributed by atoms with Gasteiger partial charge in [0.25, 0.3) is 0 Å². The van der Waals surface area contributed by atoms with Gasteiger partial charge in [-0.15, -0.1) is 0 Å². The zero-order chi connectivity index (χ0) is 11.4. The molecule has 1 aromatic carbocycles. The van der Waals surface area contributed by atoms with Crippen LogP contribution in [0.15, 0.2) is 18.2 Å². The average molecular weight is 209 g/mol. The lowest BCUT2D eigenvalue weighted by molar-refractivity contribution is 0.0956. The van der Waals surface area contributed by atoms with Crippen LogP contribution >= 0.6 is 0 Å². The van der Waals surface area contributed by atoms with E-state index in [-0.39, 0.29) is 5.78 Å². The van der Waals surface area contributed by atoms with Crippen molar-refractivity contribution in [2.24, 2.45) is 5.73 Å². The van der Waals surface area contributed by atoms with Crippen molar-refractivity contribution in [2.45, 2.75) is 32.7 Å². The van der Waals surface area contributed by atoms with Crippen LogP contribution in [-0.4, -0.2) is 11.8 Å². The van der Waals surface area contributed by atoms with Crippen LogP contribution in [0.2, 0.25) is 0 Å². The molecule has 82 valence electrons. The maximum atomic E-state index is 13.0. The smallest absolute Gasteiger partial charge is 0.179 e. The summed E-state index contributed by atoms with van der Waals surface area (Å²) < 4.78 is 13.0. The van der Waals surface area contributed by atoms with E-state index in [0.717, 1.165) is 12.0 Å². The Bertz CT molecular complexity index is 363. The average Bonchev–Trinajstić information content (AvgIpc) is 2.21. The monoisotopic (exact) mass is 209 g/mol. The first-order chi connectivity index (χ1) is 7.06. The minimum absolute atomic E-state index is 0.172. The van der Waals surface area contributed by atoms with E-state index in [2.05, 4.69) is 0 Å². The van der Waals surface area contributed by atoms with Crippen molar-refractivity contribution in [3.05, 3.63) is 35.1 Å². The van der Waals surface area contributed by atoms with Crippen LogP contribution in [0.25, 0.3) is 0 Å². The molecule has 0 aliphatic rings. The van der Waals surface area contributed by atoms with Gasteiger partial charge < -0.3 is 5.73 Å². The Morgan fingerprint density at radius 2 is 2.20 bits per heavy atom. The molecule has 0 bridgehead atoms. The quantitative estimate of drug-likeness (QED) is 0.774. The molecular formula is C12H16FNO. The molecule has 0 saturated carbocycles. The highest BCUT2D eigenvalue weighted by molar-refractivity contribution is 6.01. The number of aryl methyl sites for hydroxylation is 1. The first-order valence-electron chi connectivity index (χ1n) is 5.12. The van der Waals surface area contributed by atoms with E-state index in [9.17, 15) is 9.18 Å². The fourth-order valence-electron chi connectivity index (χ4n) is 1.50. The van der Waals surface area contributed by atoms with Crippen molar-refractivity contribution in [1.29, 1.82) is 0 Å². The molecule has 0 aliphatic carbocycles. The van der Waals surface area contributed by atoms with Crippen LogP contribution in [0, 0.1) is 12.7 Å². The summed E-state index contributed by atoms with van der Waals surface area (Å²) in [5, 5.41) is 0. The van der Waals surface area contributed by atoms with Gasteiger partial charge in [0.1, 0.15) is 5.82 Å². The molecule has 0 radical (unpaired) electrons. The molecule has 0 spiro atoms. The number of Topliss-reactive ketones (excluding diaryl/α,β-unsaturated/α-hetero) is 1. The Balaban J connectivity index is 2.95. The van der Waals surface area contributed by atoms with Crippen LogP contribution < -0.4 is 5.73 Å². The van der Waals surface area contributed by atoms with E-state index in [1.54, 1.807) is 13.0 Å². The molecule has 2 nitrogen and oxygen atoms in total. The summed E-state index contributed by atoms with van der Waals surface area (Å²) >= 11 is 0. The van der Waals surface area contributed by atoms with Crippen LogP contribution in [-0.2, 0) is 0 Å². The summed E-state index contributed by atoms with van der Waals surface area (Å²) in [4.78, 5) is 11.8. The van der Waals surface area contributed by atoms with Crippen molar-refractivity contribution >= 4 is 5.78 Å². The molecule has 1 aromatic rings. The molecule has 0 aromatic heterocycles. The molecule has 0 heterocycles. The molecule has 0 fully saturated rings. The normalized spacial score (nSPS) is 12.5. The summed E-state index contributed by atoms with van der Waals surface area (Å²) in [5.41, 5.74) is 6.88. The second-order valence-electron chi connectivity index (χ2n) is 3.72. The summed E-state index contributed by atoms with van der Waals surface area (Å²) in [6.45, 7) is 3.75. The van der Waals surface area contributed by atoms with E-state index in [1.807, 2.05) is 6.92 Å². The highest BCUT2D eigenvalue weighted by Crippen LogP contribution is 2.13. The van der Waals surface area contributed by atoms with Crippen molar-refractivity contribution in [2.75, 3.05) is 0 Å². The molecule has 1 atom stereocenters. The Labute approximate surface area is 89.3 Å². The number of nitrogens with two attached hydrogens (primary N) is 1. The van der Waals surface area contributed by atoms with Gasteiger partial charge in [0, 0.05) is 5.56 Å². The summed E-state index contributed by atoms with van der Waals surface area (Å²) in [6.07, 6.45) is 1.48. The first-order valence-corrected chi connectivity index (χ1v) is 5.12. The van der Waals surface area contributed by atoms with Gasteiger partial charge in [0.15, 0.2) is 5.78 Å². The minimum atomic E-state index is -0.518. The van der Waals surface area contributed by atoms with Gasteiger partial charge in [0.2, 0.25) is 0 Å². The van der Waals surface area contributed by atoms with Crippen LogP contribution in [0.1, 0.15) is 35.7 Å². The molecule has 1 unspecified atom stereocenters. The zero-order valence-corrected chi connectivity index (χ0v) is 9.09. The fourth-order valence-corrected chi connectivity index (χ4v) is 1.50. The molecule has 15 heavy (non-hydrogen) atoms. The van der Waals surface area contributed by atoms with E-state index in [4.69, 9.17) is 5.73 Å². The van der Waals surface area contributed by atoms with Crippen molar-refractivity contribution in [3.63, 3.8) is 0 Å². The SMILES string of the molecule is CCCC(N)C(=O)c1cc(F)ccc1C. The summed E-state index contributed by atoms with van der Waals surface area (Å²) in [6, 6.07) is 3.68. The standard InChI is InChI=1S/C12H16FNO/c1-3-4-11(14)12(15)10-7-9(13)6-5-8(10)2/h5-7,11H,3-4,14H2,1-2H3. The predicted octanol–water partition coefficient (Wildman–Crippen LogP) is 2.44. The second kappa shape index (κ2) is 5.03. The number of benzene rings is 1. The lowest BCUT2D eigenvalue weighted by atomic mass is 9.97. The van der Waals surface area contributed by atoms with Gasteiger partial charge in [-0.25, -0.2) is 4.39 Å². The van der Waals surface area contributed by atoms with E-state index < -0.39 is 11.9 Å². The lowest BCUT2D eigenvalue weighted by Crippen LogP contribution is -2.30. The molecular weight excluding hydrogens is 193 g/mol. The maximum Gasteiger partial charge on any atom is 0.179 e. The Morgan fingerprint density at radius 3 is 2.80 bits per heavy atom. The maximum absolute atomic E-state index is 13.0.